The normalized spacial score (nSPS) is 11.2. The number of hydrazone groups is 1. The molecule has 1 N–H and O–H groups in total. The van der Waals surface area contributed by atoms with Crippen LogP contribution in [0.4, 0.5) is 5.69 Å². The fraction of sp³-hybridized carbons (Fsp3) is 0.0833. The predicted octanol–water partition coefficient (Wildman–Crippen LogP) is 4.94. The van der Waals surface area contributed by atoms with Crippen molar-refractivity contribution in [2.75, 3.05) is 0 Å². The molecule has 1 aromatic heterocycles. The predicted molar refractivity (Wildman–Crippen MR) is 125 cm³/mol. The van der Waals surface area contributed by atoms with E-state index in [4.69, 9.17) is 11.6 Å². The lowest BCUT2D eigenvalue weighted by atomic mass is 10.1. The maximum absolute atomic E-state index is 12.2. The van der Waals surface area contributed by atoms with Gasteiger partial charge in [0.25, 0.3) is 5.69 Å². The molecule has 4 rings (SSSR count). The lowest BCUT2D eigenvalue weighted by Gasteiger charge is -2.07. The van der Waals surface area contributed by atoms with Gasteiger partial charge in [0.05, 0.1) is 17.6 Å². The molecule has 3 aromatic carbocycles. The summed E-state index contributed by atoms with van der Waals surface area (Å²) in [6, 6.07) is 21.5. The number of non-ortho nitro benzene ring substituents is 1. The number of fused-ring (bicyclic) bond motifs is 1. The Balaban J connectivity index is 1.47. The van der Waals surface area contributed by atoms with Gasteiger partial charge in [-0.25, -0.2) is 5.43 Å². The number of hydrogen-bond donors (Lipinski definition) is 1. The highest BCUT2D eigenvalue weighted by atomic mass is 35.5. The van der Waals surface area contributed by atoms with E-state index in [0.29, 0.717) is 17.1 Å². The zero-order chi connectivity index (χ0) is 22.5. The van der Waals surface area contributed by atoms with Crippen LogP contribution < -0.4 is 5.43 Å². The van der Waals surface area contributed by atoms with Gasteiger partial charge in [-0.15, -0.1) is 0 Å². The number of nitrogens with one attached hydrogen (secondary N) is 1. The maximum Gasteiger partial charge on any atom is 0.269 e. The molecule has 1 heterocycles. The molecule has 0 saturated carbocycles. The summed E-state index contributed by atoms with van der Waals surface area (Å²) in [6.07, 6.45) is 3.66. The fourth-order valence-electron chi connectivity index (χ4n) is 3.45. The summed E-state index contributed by atoms with van der Waals surface area (Å²) in [7, 11) is 0. The minimum Gasteiger partial charge on any atom is -0.342 e. The van der Waals surface area contributed by atoms with Gasteiger partial charge in [-0.3, -0.25) is 14.9 Å². The first-order valence-corrected chi connectivity index (χ1v) is 10.3. The molecule has 0 aliphatic heterocycles. The number of nitro benzene ring substituents is 1. The Hall–Kier alpha value is -3.97. The van der Waals surface area contributed by atoms with Crippen LogP contribution in [-0.4, -0.2) is 21.6 Å². The summed E-state index contributed by atoms with van der Waals surface area (Å²) < 4.78 is 2.09. The van der Waals surface area contributed by atoms with Gasteiger partial charge >= 0.3 is 0 Å². The van der Waals surface area contributed by atoms with Crippen LogP contribution in [0.5, 0.6) is 0 Å². The average Bonchev–Trinajstić information content (AvgIpc) is 3.13. The lowest BCUT2D eigenvalue weighted by molar-refractivity contribution is -0.384. The molecule has 32 heavy (non-hydrogen) atoms. The Bertz CT molecular complexity index is 1310. The number of amides is 1. The highest BCUT2D eigenvalue weighted by Gasteiger charge is 2.10. The van der Waals surface area contributed by atoms with Crippen LogP contribution in [0.25, 0.3) is 10.9 Å². The molecule has 4 aromatic rings. The van der Waals surface area contributed by atoms with Crippen LogP contribution >= 0.6 is 11.6 Å². The van der Waals surface area contributed by atoms with Crippen LogP contribution in [0, 0.1) is 10.1 Å². The van der Waals surface area contributed by atoms with Gasteiger partial charge in [-0.05, 0) is 23.3 Å². The summed E-state index contributed by atoms with van der Waals surface area (Å²) in [5.41, 5.74) is 6.08. The van der Waals surface area contributed by atoms with E-state index in [9.17, 15) is 14.9 Å². The quantitative estimate of drug-likeness (QED) is 0.247. The molecule has 0 aliphatic carbocycles. The standard InChI is InChI=1S/C24H19ClN4O3/c25-22-7-3-1-5-18(22)15-28-16-19(21-6-2-4-8-23(21)28)14-26-27-24(30)13-17-9-11-20(12-10-17)29(31)32/h1-12,14,16H,13,15H2,(H,27,30)/b26-14+. The average molecular weight is 447 g/mol. The zero-order valence-electron chi connectivity index (χ0n) is 16.9. The van der Waals surface area contributed by atoms with Crippen LogP contribution in [-0.2, 0) is 17.8 Å². The first-order chi connectivity index (χ1) is 15.5. The molecule has 0 atom stereocenters. The van der Waals surface area contributed by atoms with Crippen LogP contribution in [0.2, 0.25) is 5.02 Å². The molecule has 0 radical (unpaired) electrons. The Labute approximate surface area is 189 Å². The number of nitrogens with zero attached hydrogens (tertiary/aromatic N) is 3. The molecule has 7 nitrogen and oxygen atoms in total. The number of benzene rings is 3. The summed E-state index contributed by atoms with van der Waals surface area (Å²) in [5, 5.41) is 16.5. The largest absolute Gasteiger partial charge is 0.342 e. The molecule has 0 fully saturated rings. The van der Waals surface area contributed by atoms with Crippen molar-refractivity contribution >= 4 is 40.3 Å². The molecule has 8 heteroatoms. The molecule has 0 spiro atoms. The van der Waals surface area contributed by atoms with Crippen molar-refractivity contribution in [1.82, 2.24) is 9.99 Å². The topological polar surface area (TPSA) is 89.5 Å². The first kappa shape index (κ1) is 21.3. The minimum absolute atomic E-state index is 0.0136. The van der Waals surface area contributed by atoms with Crippen molar-refractivity contribution in [2.24, 2.45) is 5.10 Å². The van der Waals surface area contributed by atoms with Gasteiger partial charge in [-0.2, -0.15) is 5.10 Å². The number of nitro groups is 1. The second kappa shape index (κ2) is 9.45. The van der Waals surface area contributed by atoms with E-state index in [1.807, 2.05) is 54.7 Å². The van der Waals surface area contributed by atoms with Crippen molar-refractivity contribution in [2.45, 2.75) is 13.0 Å². The van der Waals surface area contributed by atoms with Crippen molar-refractivity contribution in [3.8, 4) is 0 Å². The van der Waals surface area contributed by atoms with Gasteiger partial charge < -0.3 is 4.57 Å². The lowest BCUT2D eigenvalue weighted by Crippen LogP contribution is -2.19. The molecule has 0 saturated heterocycles. The van der Waals surface area contributed by atoms with Crippen LogP contribution in [0.15, 0.2) is 84.1 Å². The number of halogens is 1. The van der Waals surface area contributed by atoms with Crippen LogP contribution in [0.1, 0.15) is 16.7 Å². The second-order valence-electron chi connectivity index (χ2n) is 7.21. The molecule has 1 amide bonds. The highest BCUT2D eigenvalue weighted by Crippen LogP contribution is 2.23. The smallest absolute Gasteiger partial charge is 0.269 e. The van der Waals surface area contributed by atoms with Gasteiger partial charge in [-0.1, -0.05) is 60.1 Å². The van der Waals surface area contributed by atoms with E-state index in [0.717, 1.165) is 22.0 Å². The number of carbonyl (C=O) groups is 1. The number of aromatic nitrogens is 1. The molecular formula is C24H19ClN4O3. The molecule has 0 unspecified atom stereocenters. The van der Waals surface area contributed by atoms with Gasteiger partial charge in [0, 0.05) is 46.4 Å². The van der Waals surface area contributed by atoms with Gasteiger partial charge in [0.2, 0.25) is 5.91 Å². The number of carbonyl (C=O) groups excluding carboxylic acids is 1. The summed E-state index contributed by atoms with van der Waals surface area (Å²) in [5.74, 6) is -0.310. The second-order valence-corrected chi connectivity index (χ2v) is 7.62. The fourth-order valence-corrected chi connectivity index (χ4v) is 3.65. The van der Waals surface area contributed by atoms with E-state index in [-0.39, 0.29) is 18.0 Å². The minimum atomic E-state index is -0.476. The van der Waals surface area contributed by atoms with E-state index in [2.05, 4.69) is 15.1 Å². The third kappa shape index (κ3) is 4.84. The summed E-state index contributed by atoms with van der Waals surface area (Å²) >= 11 is 6.32. The highest BCUT2D eigenvalue weighted by molar-refractivity contribution is 6.31. The Morgan fingerprint density at radius 2 is 1.78 bits per heavy atom. The molecule has 160 valence electrons. The zero-order valence-corrected chi connectivity index (χ0v) is 17.7. The summed E-state index contributed by atoms with van der Waals surface area (Å²) in [4.78, 5) is 22.4. The number of para-hydroxylation sites is 1. The van der Waals surface area contributed by atoms with Crippen molar-refractivity contribution in [3.05, 3.63) is 111 Å². The van der Waals surface area contributed by atoms with Gasteiger partial charge in [0.15, 0.2) is 0 Å². The third-order valence-corrected chi connectivity index (χ3v) is 5.39. The van der Waals surface area contributed by atoms with E-state index < -0.39 is 4.92 Å². The Morgan fingerprint density at radius 3 is 2.53 bits per heavy atom. The Morgan fingerprint density at radius 1 is 1.06 bits per heavy atom. The maximum atomic E-state index is 12.2. The number of hydrogen-bond acceptors (Lipinski definition) is 4. The summed E-state index contributed by atoms with van der Waals surface area (Å²) in [6.45, 7) is 0.612. The van der Waals surface area contributed by atoms with E-state index in [1.165, 1.54) is 12.1 Å². The van der Waals surface area contributed by atoms with Crippen LogP contribution in [0.3, 0.4) is 0 Å². The molecule has 0 bridgehead atoms. The monoisotopic (exact) mass is 446 g/mol. The van der Waals surface area contributed by atoms with Crippen molar-refractivity contribution < 1.29 is 9.72 Å². The Kier molecular flexibility index (Phi) is 6.28. The van der Waals surface area contributed by atoms with E-state index in [1.54, 1.807) is 18.3 Å². The SMILES string of the molecule is O=C(Cc1ccc([N+](=O)[O-])cc1)N/N=C/c1cn(Cc2ccccc2Cl)c2ccccc12. The van der Waals surface area contributed by atoms with Crippen molar-refractivity contribution in [3.63, 3.8) is 0 Å². The van der Waals surface area contributed by atoms with E-state index >= 15 is 0 Å². The van der Waals surface area contributed by atoms with Gasteiger partial charge in [0.1, 0.15) is 0 Å². The third-order valence-electron chi connectivity index (χ3n) is 5.02. The van der Waals surface area contributed by atoms with Crippen molar-refractivity contribution in [1.29, 1.82) is 0 Å². The molecular weight excluding hydrogens is 428 g/mol. The molecule has 0 aliphatic rings. The first-order valence-electron chi connectivity index (χ1n) is 9.88. The number of rotatable bonds is 7.